The van der Waals surface area contributed by atoms with Crippen LogP contribution in [0.4, 0.5) is 5.82 Å². The van der Waals surface area contributed by atoms with E-state index in [1.165, 1.54) is 0 Å². The summed E-state index contributed by atoms with van der Waals surface area (Å²) in [4.78, 5) is 19.6. The van der Waals surface area contributed by atoms with Gasteiger partial charge in [-0.15, -0.1) is 0 Å². The smallest absolute Gasteiger partial charge is 0.150 e. The van der Waals surface area contributed by atoms with Gasteiger partial charge in [0.05, 0.1) is 11.2 Å². The SMILES string of the molecule is CCN(C)CCN(CC)CC1CC(c2nc(-c3ccc4ccc(-c5ccccc5)nc4c3)c3c(N)nccn23)C1. The molecule has 7 nitrogen and oxygen atoms in total. The van der Waals surface area contributed by atoms with Crippen molar-refractivity contribution in [2.45, 2.75) is 32.6 Å². The number of aromatic nitrogens is 4. The fourth-order valence-corrected chi connectivity index (χ4v) is 5.92. The quantitative estimate of drug-likeness (QED) is 0.239. The van der Waals surface area contributed by atoms with Crippen LogP contribution in [0, 0.1) is 5.92 Å². The van der Waals surface area contributed by atoms with E-state index in [2.05, 4.69) is 82.5 Å². The number of pyridine rings is 1. The summed E-state index contributed by atoms with van der Waals surface area (Å²) in [5, 5.41) is 1.10. The summed E-state index contributed by atoms with van der Waals surface area (Å²) in [6.07, 6.45) is 6.10. The minimum Gasteiger partial charge on any atom is -0.382 e. The van der Waals surface area contributed by atoms with Crippen LogP contribution in [0.5, 0.6) is 0 Å². The van der Waals surface area contributed by atoms with Crippen molar-refractivity contribution < 1.29 is 0 Å². The molecule has 0 saturated heterocycles. The molecule has 2 N–H and O–H groups in total. The molecule has 3 aromatic heterocycles. The van der Waals surface area contributed by atoms with Crippen molar-refractivity contribution in [3.63, 3.8) is 0 Å². The summed E-state index contributed by atoms with van der Waals surface area (Å²) < 4.78 is 2.17. The van der Waals surface area contributed by atoms with Gasteiger partial charge >= 0.3 is 0 Å². The molecule has 0 radical (unpaired) electrons. The topological polar surface area (TPSA) is 75.6 Å². The third-order valence-corrected chi connectivity index (χ3v) is 8.55. The highest BCUT2D eigenvalue weighted by Crippen LogP contribution is 2.43. The van der Waals surface area contributed by atoms with Crippen LogP contribution in [0.3, 0.4) is 0 Å². The van der Waals surface area contributed by atoms with Crippen LogP contribution < -0.4 is 5.73 Å². The molecule has 5 aromatic rings. The first-order valence-corrected chi connectivity index (χ1v) is 14.5. The van der Waals surface area contributed by atoms with E-state index in [1.54, 1.807) is 6.20 Å². The maximum absolute atomic E-state index is 6.46. The molecular weight excluding hydrogens is 494 g/mol. The number of rotatable bonds is 10. The maximum Gasteiger partial charge on any atom is 0.150 e. The van der Waals surface area contributed by atoms with E-state index >= 15 is 0 Å². The summed E-state index contributed by atoms with van der Waals surface area (Å²) in [5.74, 6) is 2.73. The van der Waals surface area contributed by atoms with Crippen LogP contribution >= 0.6 is 0 Å². The van der Waals surface area contributed by atoms with Crippen LogP contribution in [-0.2, 0) is 0 Å². The summed E-state index contributed by atoms with van der Waals surface area (Å²) >= 11 is 0. The third kappa shape index (κ3) is 5.19. The lowest BCUT2D eigenvalue weighted by Crippen LogP contribution is -2.39. The van der Waals surface area contributed by atoms with Crippen molar-refractivity contribution in [3.8, 4) is 22.5 Å². The Balaban J connectivity index is 1.27. The van der Waals surface area contributed by atoms with Gasteiger partial charge < -0.3 is 15.5 Å². The number of imidazole rings is 1. The first-order chi connectivity index (χ1) is 19.5. The monoisotopic (exact) mass is 533 g/mol. The van der Waals surface area contributed by atoms with E-state index < -0.39 is 0 Å². The first kappa shape index (κ1) is 26.4. The minimum atomic E-state index is 0.424. The number of anilines is 1. The highest BCUT2D eigenvalue weighted by Gasteiger charge is 2.35. The van der Waals surface area contributed by atoms with Crippen molar-refractivity contribution in [2.75, 3.05) is 45.5 Å². The lowest BCUT2D eigenvalue weighted by Gasteiger charge is -2.38. The van der Waals surface area contributed by atoms with Gasteiger partial charge in [0.15, 0.2) is 0 Å². The fourth-order valence-electron chi connectivity index (χ4n) is 5.92. The van der Waals surface area contributed by atoms with E-state index in [0.717, 1.165) is 90.3 Å². The number of nitrogen functional groups attached to an aromatic ring is 1. The second-order valence-corrected chi connectivity index (χ2v) is 11.1. The van der Waals surface area contributed by atoms with Crippen LogP contribution in [0.25, 0.3) is 38.9 Å². The Morgan fingerprint density at radius 2 is 1.73 bits per heavy atom. The number of fused-ring (bicyclic) bond motifs is 2. The molecule has 40 heavy (non-hydrogen) atoms. The lowest BCUT2D eigenvalue weighted by atomic mass is 9.74. The number of nitrogens with zero attached hydrogens (tertiary/aromatic N) is 6. The van der Waals surface area contributed by atoms with Gasteiger partial charge in [-0.3, -0.25) is 4.40 Å². The molecule has 0 unspecified atom stereocenters. The zero-order chi connectivity index (χ0) is 27.6. The predicted molar refractivity (Wildman–Crippen MR) is 164 cm³/mol. The maximum atomic E-state index is 6.46. The van der Waals surface area contributed by atoms with E-state index in [-0.39, 0.29) is 0 Å². The molecule has 3 heterocycles. The van der Waals surface area contributed by atoms with E-state index in [0.29, 0.717) is 17.7 Å². The molecule has 0 aliphatic heterocycles. The molecule has 7 heteroatoms. The van der Waals surface area contributed by atoms with Gasteiger partial charge in [-0.2, -0.15) is 0 Å². The Morgan fingerprint density at radius 3 is 2.50 bits per heavy atom. The highest BCUT2D eigenvalue weighted by molar-refractivity contribution is 5.91. The van der Waals surface area contributed by atoms with Crippen LogP contribution in [0.2, 0.25) is 0 Å². The number of hydrogen-bond acceptors (Lipinski definition) is 6. The van der Waals surface area contributed by atoms with Crippen LogP contribution in [0.1, 0.15) is 38.4 Å². The van der Waals surface area contributed by atoms with Crippen molar-refractivity contribution in [2.24, 2.45) is 5.92 Å². The number of hydrogen-bond donors (Lipinski definition) is 1. The van der Waals surface area contributed by atoms with Crippen molar-refractivity contribution in [1.82, 2.24) is 29.2 Å². The molecule has 0 spiro atoms. The standard InChI is InChI=1S/C33H39N7/c1-4-38(3)17-18-39(5-2)22-23-19-27(20-23)33-37-30(31-32(34)35-15-16-40(31)33)26-12-11-25-13-14-28(36-29(25)21-26)24-9-7-6-8-10-24/h6-16,21,23,27H,4-5,17-20,22H2,1-3H3,(H2,34,35). The van der Waals surface area contributed by atoms with Gasteiger partial charge in [0.1, 0.15) is 22.9 Å². The molecule has 6 rings (SSSR count). The summed E-state index contributed by atoms with van der Waals surface area (Å²) in [6.45, 7) is 10.1. The zero-order valence-corrected chi connectivity index (χ0v) is 23.8. The molecule has 0 amide bonds. The molecule has 2 aromatic carbocycles. The molecule has 0 bridgehead atoms. The zero-order valence-electron chi connectivity index (χ0n) is 23.8. The minimum absolute atomic E-state index is 0.424. The first-order valence-electron chi connectivity index (χ1n) is 14.5. The Kier molecular flexibility index (Phi) is 7.50. The van der Waals surface area contributed by atoms with Crippen LogP contribution in [-0.4, -0.2) is 68.9 Å². The van der Waals surface area contributed by atoms with Crippen molar-refractivity contribution in [1.29, 1.82) is 0 Å². The molecule has 1 aliphatic rings. The molecule has 0 atom stereocenters. The van der Waals surface area contributed by atoms with Gasteiger partial charge in [-0.05, 0) is 51.0 Å². The third-order valence-electron chi connectivity index (χ3n) is 8.55. The highest BCUT2D eigenvalue weighted by atomic mass is 15.2. The lowest BCUT2D eigenvalue weighted by molar-refractivity contribution is 0.149. The van der Waals surface area contributed by atoms with Gasteiger partial charge in [-0.25, -0.2) is 15.0 Å². The van der Waals surface area contributed by atoms with Gasteiger partial charge in [0, 0.05) is 54.5 Å². The molecule has 1 fully saturated rings. The van der Waals surface area contributed by atoms with Crippen LogP contribution in [0.15, 0.2) is 73.1 Å². The van der Waals surface area contributed by atoms with Crippen molar-refractivity contribution in [3.05, 3.63) is 78.9 Å². The summed E-state index contributed by atoms with van der Waals surface area (Å²) in [7, 11) is 2.20. The average molecular weight is 534 g/mol. The second kappa shape index (κ2) is 11.4. The largest absolute Gasteiger partial charge is 0.382 e. The Hall–Kier alpha value is -3.81. The fraction of sp³-hybridized carbons (Fsp3) is 0.364. The predicted octanol–water partition coefficient (Wildman–Crippen LogP) is 5.96. The Labute approximate surface area is 236 Å². The normalized spacial score (nSPS) is 17.2. The molecule has 1 aliphatic carbocycles. The number of likely N-dealkylation sites (N-methyl/N-ethyl adjacent to an activating group) is 2. The molecular formula is C33H39N7. The average Bonchev–Trinajstić information content (AvgIpc) is 3.36. The van der Waals surface area contributed by atoms with Gasteiger partial charge in [0.25, 0.3) is 0 Å². The molecule has 206 valence electrons. The van der Waals surface area contributed by atoms with Crippen molar-refractivity contribution >= 4 is 22.2 Å². The van der Waals surface area contributed by atoms with Gasteiger partial charge in [0.2, 0.25) is 0 Å². The number of nitrogens with two attached hydrogens (primary N) is 1. The second-order valence-electron chi connectivity index (χ2n) is 11.1. The Morgan fingerprint density at radius 1 is 0.925 bits per heavy atom. The Bertz CT molecular complexity index is 1600. The van der Waals surface area contributed by atoms with E-state index in [1.807, 2.05) is 24.4 Å². The number of benzene rings is 2. The van der Waals surface area contributed by atoms with E-state index in [4.69, 9.17) is 15.7 Å². The van der Waals surface area contributed by atoms with E-state index in [9.17, 15) is 0 Å². The molecule has 1 saturated carbocycles. The summed E-state index contributed by atoms with van der Waals surface area (Å²) in [5.41, 5.74) is 12.3. The van der Waals surface area contributed by atoms with Gasteiger partial charge in [-0.1, -0.05) is 62.4 Å². The summed E-state index contributed by atoms with van der Waals surface area (Å²) in [6, 6.07) is 20.9.